The number of amides is 3. The molecule has 0 fully saturated rings. The third kappa shape index (κ3) is 6.95. The van der Waals surface area contributed by atoms with Crippen LogP contribution in [0.3, 0.4) is 0 Å². The van der Waals surface area contributed by atoms with Crippen LogP contribution in [-0.2, 0) is 9.53 Å². The second kappa shape index (κ2) is 12.2. The molecule has 3 amide bonds. The summed E-state index contributed by atoms with van der Waals surface area (Å²) in [5.74, 6) is -0.976. The van der Waals surface area contributed by atoms with Gasteiger partial charge in [0.1, 0.15) is 12.6 Å². The molecule has 2 aromatic rings. The van der Waals surface area contributed by atoms with Gasteiger partial charge in [-0.1, -0.05) is 62.4 Å². The first-order chi connectivity index (χ1) is 16.8. The maximum absolute atomic E-state index is 12.7. The predicted octanol–water partition coefficient (Wildman–Crippen LogP) is 3.04. The lowest BCUT2D eigenvalue weighted by molar-refractivity contribution is -0.139. The van der Waals surface area contributed by atoms with Crippen molar-refractivity contribution in [3.63, 3.8) is 0 Å². The fourth-order valence-corrected chi connectivity index (χ4v) is 4.34. The molecule has 0 saturated carbocycles. The number of primary amides is 1. The molecule has 2 aromatic carbocycles. The summed E-state index contributed by atoms with van der Waals surface area (Å²) in [5, 5.41) is 17.8. The van der Waals surface area contributed by atoms with E-state index in [9.17, 15) is 19.5 Å². The zero-order chi connectivity index (χ0) is 25.4. The normalized spacial score (nSPS) is 14.0. The third-order valence-corrected chi connectivity index (χ3v) is 6.30. The number of urea groups is 1. The SMILES string of the molecule is CC(C)[C@H](CN[C@@H](CCCNC(N)=O)C(=O)O)NC(=O)OCC1c2ccccc2-c2ccccc21. The van der Waals surface area contributed by atoms with Crippen LogP contribution in [0.1, 0.15) is 43.7 Å². The molecule has 9 nitrogen and oxygen atoms in total. The van der Waals surface area contributed by atoms with Crippen LogP contribution < -0.4 is 21.7 Å². The number of carbonyl (C=O) groups excluding carboxylic acids is 2. The molecular weight excluding hydrogens is 448 g/mol. The highest BCUT2D eigenvalue weighted by atomic mass is 16.5. The van der Waals surface area contributed by atoms with Crippen LogP contribution in [0, 0.1) is 5.92 Å². The van der Waals surface area contributed by atoms with Crippen LogP contribution in [-0.4, -0.2) is 55.0 Å². The van der Waals surface area contributed by atoms with Gasteiger partial charge < -0.3 is 31.5 Å². The lowest BCUT2D eigenvalue weighted by atomic mass is 9.98. The van der Waals surface area contributed by atoms with E-state index in [-0.39, 0.29) is 31.0 Å². The van der Waals surface area contributed by atoms with E-state index in [4.69, 9.17) is 10.5 Å². The molecule has 6 N–H and O–H groups in total. The maximum atomic E-state index is 12.7. The Balaban J connectivity index is 1.54. The number of carboxylic acids is 1. The average Bonchev–Trinajstić information content (AvgIpc) is 3.14. The molecule has 0 bridgehead atoms. The quantitative estimate of drug-likeness (QED) is 0.294. The van der Waals surface area contributed by atoms with E-state index in [0.717, 1.165) is 22.3 Å². The largest absolute Gasteiger partial charge is 0.480 e. The molecule has 3 rings (SSSR count). The van der Waals surface area contributed by atoms with Crippen molar-refractivity contribution < 1.29 is 24.2 Å². The molecule has 0 radical (unpaired) electrons. The smallest absolute Gasteiger partial charge is 0.407 e. The first kappa shape index (κ1) is 26.0. The van der Waals surface area contributed by atoms with Crippen molar-refractivity contribution in [1.29, 1.82) is 0 Å². The number of ether oxygens (including phenoxy) is 1. The summed E-state index contributed by atoms with van der Waals surface area (Å²) in [6.07, 6.45) is 0.231. The Hall–Kier alpha value is -3.59. The summed E-state index contributed by atoms with van der Waals surface area (Å²) < 4.78 is 5.63. The van der Waals surface area contributed by atoms with Crippen LogP contribution in [0.4, 0.5) is 9.59 Å². The van der Waals surface area contributed by atoms with Gasteiger partial charge in [0.25, 0.3) is 0 Å². The first-order valence-corrected chi connectivity index (χ1v) is 11.9. The molecule has 2 atom stereocenters. The molecule has 0 aromatic heterocycles. The van der Waals surface area contributed by atoms with Crippen molar-refractivity contribution in [3.05, 3.63) is 59.7 Å². The van der Waals surface area contributed by atoms with Gasteiger partial charge in [-0.3, -0.25) is 4.79 Å². The lowest BCUT2D eigenvalue weighted by Gasteiger charge is -2.25. The van der Waals surface area contributed by atoms with Crippen molar-refractivity contribution in [2.24, 2.45) is 11.7 Å². The standard InChI is InChI=1S/C26H34N4O5/c1-16(2)23(14-29-22(24(31)32)12-7-13-28-25(27)33)30-26(34)35-15-21-19-10-5-3-8-17(19)18-9-4-6-11-20(18)21/h3-6,8-11,16,21-23,29H,7,12-15H2,1-2H3,(H,30,34)(H,31,32)(H3,27,28,33)/t22-,23-/m0/s1. The minimum absolute atomic E-state index is 0.0332. The van der Waals surface area contributed by atoms with E-state index in [1.54, 1.807) is 0 Å². The Morgan fingerprint density at radius 2 is 1.63 bits per heavy atom. The number of nitrogens with two attached hydrogens (primary N) is 1. The lowest BCUT2D eigenvalue weighted by Crippen LogP contribution is -2.49. The van der Waals surface area contributed by atoms with E-state index in [1.807, 2.05) is 38.1 Å². The van der Waals surface area contributed by atoms with E-state index in [2.05, 4.69) is 40.2 Å². The number of rotatable bonds is 12. The van der Waals surface area contributed by atoms with Crippen LogP contribution in [0.25, 0.3) is 11.1 Å². The summed E-state index contributed by atoms with van der Waals surface area (Å²) in [6, 6.07) is 14.5. The van der Waals surface area contributed by atoms with Crippen molar-refractivity contribution >= 4 is 18.1 Å². The number of alkyl carbamates (subject to hydrolysis) is 1. The number of carbonyl (C=O) groups is 3. The van der Waals surface area contributed by atoms with Crippen molar-refractivity contribution in [3.8, 4) is 11.1 Å². The summed E-state index contributed by atoms with van der Waals surface area (Å²) >= 11 is 0. The molecule has 0 saturated heterocycles. The van der Waals surface area contributed by atoms with Gasteiger partial charge in [-0.05, 0) is 41.0 Å². The molecule has 1 aliphatic carbocycles. The Kier molecular flexibility index (Phi) is 9.08. The number of fused-ring (bicyclic) bond motifs is 3. The zero-order valence-electron chi connectivity index (χ0n) is 20.1. The monoisotopic (exact) mass is 482 g/mol. The summed E-state index contributed by atoms with van der Waals surface area (Å²) in [7, 11) is 0. The van der Waals surface area contributed by atoms with Gasteiger partial charge in [0.05, 0.1) is 0 Å². The summed E-state index contributed by atoms with van der Waals surface area (Å²) in [6.45, 7) is 4.67. The highest BCUT2D eigenvalue weighted by molar-refractivity contribution is 5.79. The molecule has 0 aliphatic heterocycles. The molecule has 9 heteroatoms. The van der Waals surface area contributed by atoms with E-state index in [1.165, 1.54) is 0 Å². The highest BCUT2D eigenvalue weighted by Crippen LogP contribution is 2.44. The molecule has 0 spiro atoms. The summed E-state index contributed by atoms with van der Waals surface area (Å²) in [4.78, 5) is 35.0. The van der Waals surface area contributed by atoms with Gasteiger partial charge in [0, 0.05) is 25.0 Å². The van der Waals surface area contributed by atoms with Gasteiger partial charge in [0.15, 0.2) is 0 Å². The Morgan fingerprint density at radius 3 is 2.17 bits per heavy atom. The molecule has 0 heterocycles. The van der Waals surface area contributed by atoms with E-state index in [0.29, 0.717) is 19.4 Å². The summed E-state index contributed by atoms with van der Waals surface area (Å²) in [5.41, 5.74) is 9.62. The van der Waals surface area contributed by atoms with E-state index >= 15 is 0 Å². The van der Waals surface area contributed by atoms with E-state index < -0.39 is 24.1 Å². The fourth-order valence-electron chi connectivity index (χ4n) is 4.34. The highest BCUT2D eigenvalue weighted by Gasteiger charge is 2.29. The third-order valence-electron chi connectivity index (χ3n) is 6.30. The molecule has 0 unspecified atom stereocenters. The van der Waals surface area contributed by atoms with Gasteiger partial charge in [-0.25, -0.2) is 9.59 Å². The number of carboxylic acid groups (broad SMARTS) is 1. The second-order valence-corrected chi connectivity index (χ2v) is 9.05. The van der Waals surface area contributed by atoms with Crippen LogP contribution in [0.5, 0.6) is 0 Å². The number of benzene rings is 2. The zero-order valence-corrected chi connectivity index (χ0v) is 20.1. The molecular formula is C26H34N4O5. The number of aliphatic carboxylic acids is 1. The van der Waals surface area contributed by atoms with Crippen LogP contribution >= 0.6 is 0 Å². The topological polar surface area (TPSA) is 143 Å². The predicted molar refractivity (Wildman–Crippen MR) is 133 cm³/mol. The average molecular weight is 483 g/mol. The van der Waals surface area contributed by atoms with Gasteiger partial charge in [-0.2, -0.15) is 0 Å². The van der Waals surface area contributed by atoms with Crippen LogP contribution in [0.2, 0.25) is 0 Å². The molecule has 188 valence electrons. The molecule has 35 heavy (non-hydrogen) atoms. The fraction of sp³-hybridized carbons (Fsp3) is 0.423. The number of hydrogen-bond acceptors (Lipinski definition) is 5. The van der Waals surface area contributed by atoms with Crippen molar-refractivity contribution in [2.45, 2.75) is 44.7 Å². The van der Waals surface area contributed by atoms with Gasteiger partial charge in [-0.15, -0.1) is 0 Å². The Morgan fingerprint density at radius 1 is 1.03 bits per heavy atom. The van der Waals surface area contributed by atoms with Crippen LogP contribution in [0.15, 0.2) is 48.5 Å². The number of nitrogens with one attached hydrogen (secondary N) is 3. The number of hydrogen-bond donors (Lipinski definition) is 5. The van der Waals surface area contributed by atoms with Gasteiger partial charge >= 0.3 is 18.1 Å². The minimum Gasteiger partial charge on any atom is -0.480 e. The first-order valence-electron chi connectivity index (χ1n) is 11.9. The minimum atomic E-state index is -0.993. The van der Waals surface area contributed by atoms with Gasteiger partial charge in [0.2, 0.25) is 0 Å². The van der Waals surface area contributed by atoms with Crippen molar-refractivity contribution in [1.82, 2.24) is 16.0 Å². The molecule has 1 aliphatic rings. The van der Waals surface area contributed by atoms with Crippen molar-refractivity contribution in [2.75, 3.05) is 19.7 Å². The second-order valence-electron chi connectivity index (χ2n) is 9.05. The Bertz CT molecular complexity index is 996. The Labute approximate surface area is 205 Å². The maximum Gasteiger partial charge on any atom is 0.407 e.